The van der Waals surface area contributed by atoms with Gasteiger partial charge in [-0.2, -0.15) is 0 Å². The van der Waals surface area contributed by atoms with Gasteiger partial charge in [0, 0.05) is 11.4 Å². The lowest BCUT2D eigenvalue weighted by molar-refractivity contribution is 0.0601. The van der Waals surface area contributed by atoms with Crippen LogP contribution in [0.15, 0.2) is 48.5 Å². The Labute approximate surface area is 132 Å². The van der Waals surface area contributed by atoms with Gasteiger partial charge in [-0.25, -0.2) is 4.79 Å². The van der Waals surface area contributed by atoms with Crippen LogP contribution in [0.1, 0.15) is 42.1 Å². The van der Waals surface area contributed by atoms with Gasteiger partial charge in [0.15, 0.2) is 0 Å². The maximum Gasteiger partial charge on any atom is 0.337 e. The van der Waals surface area contributed by atoms with Crippen LogP contribution in [0.25, 0.3) is 0 Å². The molecule has 3 nitrogen and oxygen atoms in total. The molecule has 0 saturated heterocycles. The number of anilines is 2. The van der Waals surface area contributed by atoms with Crippen LogP contribution < -0.4 is 5.32 Å². The molecule has 2 rings (SSSR count). The maximum atomic E-state index is 11.4. The number of rotatable bonds is 7. The van der Waals surface area contributed by atoms with E-state index in [0.29, 0.717) is 5.56 Å². The van der Waals surface area contributed by atoms with Crippen molar-refractivity contribution < 1.29 is 9.53 Å². The lowest BCUT2D eigenvalue weighted by atomic mass is 10.1. The highest BCUT2D eigenvalue weighted by atomic mass is 16.5. The van der Waals surface area contributed by atoms with E-state index in [0.717, 1.165) is 17.8 Å². The van der Waals surface area contributed by atoms with E-state index in [2.05, 4.69) is 41.2 Å². The number of esters is 1. The summed E-state index contributed by atoms with van der Waals surface area (Å²) in [6.07, 6.45) is 4.92. The summed E-state index contributed by atoms with van der Waals surface area (Å²) >= 11 is 0. The van der Waals surface area contributed by atoms with Crippen molar-refractivity contribution >= 4 is 17.3 Å². The summed E-state index contributed by atoms with van der Waals surface area (Å²) in [6.45, 7) is 2.22. The molecule has 2 aromatic carbocycles. The molecule has 0 heterocycles. The molecule has 0 aliphatic heterocycles. The van der Waals surface area contributed by atoms with Crippen LogP contribution in [0.4, 0.5) is 11.4 Å². The van der Waals surface area contributed by atoms with Gasteiger partial charge in [0.1, 0.15) is 0 Å². The zero-order valence-corrected chi connectivity index (χ0v) is 13.3. The van der Waals surface area contributed by atoms with Gasteiger partial charge < -0.3 is 10.1 Å². The van der Waals surface area contributed by atoms with E-state index in [9.17, 15) is 4.79 Å². The number of nitrogens with one attached hydrogen (secondary N) is 1. The lowest BCUT2D eigenvalue weighted by Crippen LogP contribution is -2.00. The van der Waals surface area contributed by atoms with Gasteiger partial charge in [-0.3, -0.25) is 0 Å². The SMILES string of the molecule is CCCCCc1ccc(Nc2ccc(C(=O)OC)cc2)cc1. The first-order valence-corrected chi connectivity index (χ1v) is 7.77. The van der Waals surface area contributed by atoms with Gasteiger partial charge in [0.2, 0.25) is 0 Å². The van der Waals surface area contributed by atoms with E-state index in [-0.39, 0.29) is 5.97 Å². The van der Waals surface area contributed by atoms with Gasteiger partial charge in [-0.15, -0.1) is 0 Å². The molecule has 0 aromatic heterocycles. The number of benzene rings is 2. The first kappa shape index (κ1) is 16.1. The molecule has 0 bridgehead atoms. The predicted octanol–water partition coefficient (Wildman–Crippen LogP) is 4.95. The summed E-state index contributed by atoms with van der Waals surface area (Å²) in [6, 6.07) is 15.8. The molecular formula is C19H23NO2. The standard InChI is InChI=1S/C19H23NO2/c1-3-4-5-6-15-7-11-17(12-8-15)20-18-13-9-16(10-14-18)19(21)22-2/h7-14,20H,3-6H2,1-2H3. The van der Waals surface area contributed by atoms with E-state index < -0.39 is 0 Å². The second kappa shape index (κ2) is 8.23. The van der Waals surface area contributed by atoms with Gasteiger partial charge in [-0.05, 0) is 54.8 Å². The molecule has 2 aromatic rings. The summed E-state index contributed by atoms with van der Waals surface area (Å²) in [5.74, 6) is -0.317. The Balaban J connectivity index is 1.94. The van der Waals surface area contributed by atoms with Gasteiger partial charge in [-0.1, -0.05) is 31.9 Å². The van der Waals surface area contributed by atoms with Crippen LogP contribution in [-0.2, 0) is 11.2 Å². The molecule has 0 spiro atoms. The second-order valence-electron chi connectivity index (χ2n) is 5.35. The van der Waals surface area contributed by atoms with E-state index in [4.69, 9.17) is 0 Å². The van der Waals surface area contributed by atoms with Gasteiger partial charge in [0.05, 0.1) is 12.7 Å². The minimum atomic E-state index is -0.317. The van der Waals surface area contributed by atoms with Crippen LogP contribution in [0, 0.1) is 0 Å². The highest BCUT2D eigenvalue weighted by Gasteiger charge is 2.04. The van der Waals surface area contributed by atoms with E-state index in [1.54, 1.807) is 12.1 Å². The van der Waals surface area contributed by atoms with E-state index in [1.807, 2.05) is 12.1 Å². The zero-order chi connectivity index (χ0) is 15.8. The van der Waals surface area contributed by atoms with Crippen LogP contribution in [-0.4, -0.2) is 13.1 Å². The molecule has 22 heavy (non-hydrogen) atoms. The smallest absolute Gasteiger partial charge is 0.337 e. The quantitative estimate of drug-likeness (QED) is 0.580. The monoisotopic (exact) mass is 297 g/mol. The number of hydrogen-bond acceptors (Lipinski definition) is 3. The molecule has 0 atom stereocenters. The zero-order valence-electron chi connectivity index (χ0n) is 13.3. The molecule has 0 aliphatic rings. The summed E-state index contributed by atoms with van der Waals surface area (Å²) in [4.78, 5) is 11.4. The summed E-state index contributed by atoms with van der Waals surface area (Å²) < 4.78 is 4.69. The third kappa shape index (κ3) is 4.62. The molecule has 0 amide bonds. The molecular weight excluding hydrogens is 274 g/mol. The lowest BCUT2D eigenvalue weighted by Gasteiger charge is -2.08. The van der Waals surface area contributed by atoms with Crippen LogP contribution >= 0.6 is 0 Å². The number of hydrogen-bond donors (Lipinski definition) is 1. The summed E-state index contributed by atoms with van der Waals surface area (Å²) in [5, 5.41) is 3.33. The fourth-order valence-electron chi connectivity index (χ4n) is 2.31. The molecule has 0 radical (unpaired) electrons. The van der Waals surface area contributed by atoms with Gasteiger partial charge >= 0.3 is 5.97 Å². The molecule has 0 unspecified atom stereocenters. The van der Waals surface area contributed by atoms with Crippen molar-refractivity contribution in [1.82, 2.24) is 0 Å². The Hall–Kier alpha value is -2.29. The molecule has 0 saturated carbocycles. The van der Waals surface area contributed by atoms with Crippen LogP contribution in [0.3, 0.4) is 0 Å². The average molecular weight is 297 g/mol. The Morgan fingerprint density at radius 1 is 0.955 bits per heavy atom. The fraction of sp³-hybridized carbons (Fsp3) is 0.316. The number of ether oxygens (including phenoxy) is 1. The highest BCUT2D eigenvalue weighted by molar-refractivity contribution is 5.89. The fourth-order valence-corrected chi connectivity index (χ4v) is 2.31. The van der Waals surface area contributed by atoms with Crippen molar-refractivity contribution in [3.05, 3.63) is 59.7 Å². The average Bonchev–Trinajstić information content (AvgIpc) is 2.57. The van der Waals surface area contributed by atoms with Crippen LogP contribution in [0.5, 0.6) is 0 Å². The first-order chi connectivity index (χ1) is 10.7. The number of unbranched alkanes of at least 4 members (excludes halogenated alkanes) is 2. The van der Waals surface area contributed by atoms with Crippen molar-refractivity contribution in [3.8, 4) is 0 Å². The number of carbonyl (C=O) groups excluding carboxylic acids is 1. The van der Waals surface area contributed by atoms with E-state index in [1.165, 1.54) is 31.9 Å². The third-order valence-electron chi connectivity index (χ3n) is 3.62. The van der Waals surface area contributed by atoms with Crippen molar-refractivity contribution in [2.45, 2.75) is 32.6 Å². The van der Waals surface area contributed by atoms with E-state index >= 15 is 0 Å². The highest BCUT2D eigenvalue weighted by Crippen LogP contribution is 2.19. The second-order valence-corrected chi connectivity index (χ2v) is 5.35. The van der Waals surface area contributed by atoms with Crippen molar-refractivity contribution in [1.29, 1.82) is 0 Å². The minimum Gasteiger partial charge on any atom is -0.465 e. The number of methoxy groups -OCH3 is 1. The Kier molecular flexibility index (Phi) is 6.01. The van der Waals surface area contributed by atoms with Crippen molar-refractivity contribution in [2.24, 2.45) is 0 Å². The number of aryl methyl sites for hydroxylation is 1. The van der Waals surface area contributed by atoms with Crippen molar-refractivity contribution in [3.63, 3.8) is 0 Å². The molecule has 3 heteroatoms. The Morgan fingerprint density at radius 2 is 1.55 bits per heavy atom. The molecule has 1 N–H and O–H groups in total. The first-order valence-electron chi connectivity index (χ1n) is 7.77. The Bertz CT molecular complexity index is 588. The maximum absolute atomic E-state index is 11.4. The molecule has 0 fully saturated rings. The third-order valence-corrected chi connectivity index (χ3v) is 3.62. The van der Waals surface area contributed by atoms with Crippen LogP contribution in [0.2, 0.25) is 0 Å². The molecule has 116 valence electrons. The molecule has 0 aliphatic carbocycles. The van der Waals surface area contributed by atoms with Crippen molar-refractivity contribution in [2.75, 3.05) is 12.4 Å². The minimum absolute atomic E-state index is 0.317. The topological polar surface area (TPSA) is 38.3 Å². The number of carbonyl (C=O) groups is 1. The normalized spacial score (nSPS) is 10.3. The predicted molar refractivity (Wildman–Crippen MR) is 90.7 cm³/mol. The Morgan fingerprint density at radius 3 is 2.09 bits per heavy atom. The summed E-state index contributed by atoms with van der Waals surface area (Å²) in [7, 11) is 1.39. The largest absolute Gasteiger partial charge is 0.465 e. The van der Waals surface area contributed by atoms with Gasteiger partial charge in [0.25, 0.3) is 0 Å². The summed E-state index contributed by atoms with van der Waals surface area (Å²) in [5.41, 5.74) is 3.93.